The van der Waals surface area contributed by atoms with Crippen molar-refractivity contribution >= 4 is 39.2 Å². The Kier molecular flexibility index (Phi) is 7.52. The Morgan fingerprint density at radius 2 is 2.03 bits per heavy atom. The normalized spacial score (nSPS) is 14.6. The first-order valence-electron chi connectivity index (χ1n) is 9.96. The first-order valence-corrected chi connectivity index (χ1v) is 11.7. The van der Waals surface area contributed by atoms with Gasteiger partial charge in [0, 0.05) is 11.4 Å². The molecule has 0 aromatic carbocycles. The number of nitrogens with zero attached hydrogens (tertiary/aromatic N) is 3. The Bertz CT molecular complexity index is 1000. The minimum atomic E-state index is -0.937. The summed E-state index contributed by atoms with van der Waals surface area (Å²) >= 11 is 2.78. The monoisotopic (exact) mass is 434 g/mol. The van der Waals surface area contributed by atoms with Crippen molar-refractivity contribution in [1.82, 2.24) is 14.9 Å². The maximum atomic E-state index is 13.2. The SMILES string of the molecule is CCCCn1c(SC(C)C(=O)NC(C)(C#N)C(C)C)nc2sc(C)c(C)c2c1=O. The number of hydrogen-bond donors (Lipinski definition) is 1. The molecule has 8 heteroatoms. The van der Waals surface area contributed by atoms with E-state index in [1.165, 1.54) is 23.1 Å². The van der Waals surface area contributed by atoms with Gasteiger partial charge >= 0.3 is 0 Å². The average Bonchev–Trinajstić information content (AvgIpc) is 2.94. The third-order valence-corrected chi connectivity index (χ3v) is 7.60. The average molecular weight is 435 g/mol. The summed E-state index contributed by atoms with van der Waals surface area (Å²) in [7, 11) is 0. The van der Waals surface area contributed by atoms with E-state index >= 15 is 0 Å². The van der Waals surface area contributed by atoms with Crippen LogP contribution in [0.2, 0.25) is 0 Å². The fourth-order valence-corrected chi connectivity index (χ4v) is 4.79. The molecule has 6 nitrogen and oxygen atoms in total. The number of hydrogen-bond acceptors (Lipinski definition) is 6. The predicted molar refractivity (Wildman–Crippen MR) is 121 cm³/mol. The molecule has 0 bridgehead atoms. The fourth-order valence-electron chi connectivity index (χ4n) is 2.78. The number of thioether (sulfide) groups is 1. The smallest absolute Gasteiger partial charge is 0.263 e. The molecule has 2 aromatic heterocycles. The summed E-state index contributed by atoms with van der Waals surface area (Å²) in [4.78, 5) is 32.5. The molecule has 0 radical (unpaired) electrons. The van der Waals surface area contributed by atoms with Crippen LogP contribution in [-0.4, -0.2) is 26.2 Å². The van der Waals surface area contributed by atoms with Crippen LogP contribution in [0.3, 0.4) is 0 Å². The Morgan fingerprint density at radius 3 is 2.59 bits per heavy atom. The lowest BCUT2D eigenvalue weighted by molar-refractivity contribution is -0.121. The molecule has 2 unspecified atom stereocenters. The number of nitrogens with one attached hydrogen (secondary N) is 1. The lowest BCUT2D eigenvalue weighted by atomic mass is 9.90. The molecule has 2 rings (SSSR count). The van der Waals surface area contributed by atoms with Gasteiger partial charge in [-0.2, -0.15) is 5.26 Å². The number of rotatable bonds is 8. The molecule has 2 atom stereocenters. The number of nitriles is 1. The van der Waals surface area contributed by atoms with Gasteiger partial charge < -0.3 is 5.32 Å². The summed E-state index contributed by atoms with van der Waals surface area (Å²) in [6.07, 6.45) is 1.82. The van der Waals surface area contributed by atoms with Crippen LogP contribution in [0, 0.1) is 31.1 Å². The van der Waals surface area contributed by atoms with Gasteiger partial charge in [-0.25, -0.2) is 4.98 Å². The number of carbonyl (C=O) groups is 1. The molecule has 0 saturated heterocycles. The van der Waals surface area contributed by atoms with Crippen LogP contribution in [0.1, 0.15) is 57.9 Å². The lowest BCUT2D eigenvalue weighted by Gasteiger charge is -2.28. The van der Waals surface area contributed by atoms with Crippen LogP contribution in [-0.2, 0) is 11.3 Å². The number of amides is 1. The third kappa shape index (κ3) is 4.84. The molecule has 0 spiro atoms. The van der Waals surface area contributed by atoms with Gasteiger partial charge in [-0.1, -0.05) is 39.0 Å². The Morgan fingerprint density at radius 1 is 1.38 bits per heavy atom. The summed E-state index contributed by atoms with van der Waals surface area (Å²) in [5.74, 6) is -0.259. The number of unbranched alkanes of at least 4 members (excludes halogenated alkanes) is 1. The van der Waals surface area contributed by atoms with Gasteiger partial charge in [0.05, 0.1) is 16.7 Å². The Balaban J connectivity index is 2.40. The number of thiophene rings is 1. The van der Waals surface area contributed by atoms with Crippen molar-refractivity contribution in [3.8, 4) is 6.07 Å². The Hall–Kier alpha value is -1.85. The first-order chi connectivity index (χ1) is 13.6. The van der Waals surface area contributed by atoms with Crippen LogP contribution in [0.15, 0.2) is 9.95 Å². The van der Waals surface area contributed by atoms with E-state index in [9.17, 15) is 14.9 Å². The van der Waals surface area contributed by atoms with E-state index in [0.717, 1.165) is 28.1 Å². The first kappa shape index (κ1) is 23.4. The summed E-state index contributed by atoms with van der Waals surface area (Å²) in [5.41, 5.74) is 0.00825. The molecule has 29 heavy (non-hydrogen) atoms. The molecular formula is C21H30N4O2S2. The highest BCUT2D eigenvalue weighted by atomic mass is 32.2. The fraction of sp³-hybridized carbons (Fsp3) is 0.619. The molecule has 2 aromatic rings. The molecule has 158 valence electrons. The predicted octanol–water partition coefficient (Wildman–Crippen LogP) is 4.41. The van der Waals surface area contributed by atoms with Crippen molar-refractivity contribution in [1.29, 1.82) is 5.26 Å². The zero-order valence-corrected chi connectivity index (χ0v) is 19.9. The van der Waals surface area contributed by atoms with Crippen molar-refractivity contribution in [2.24, 2.45) is 5.92 Å². The molecule has 0 saturated carbocycles. The highest BCUT2D eigenvalue weighted by Gasteiger charge is 2.32. The van der Waals surface area contributed by atoms with Gasteiger partial charge in [-0.3, -0.25) is 14.2 Å². The van der Waals surface area contributed by atoms with E-state index in [2.05, 4.69) is 18.3 Å². The Labute approximate surface area is 180 Å². The van der Waals surface area contributed by atoms with E-state index in [1.54, 1.807) is 18.4 Å². The number of aromatic nitrogens is 2. The largest absolute Gasteiger partial charge is 0.337 e. The maximum Gasteiger partial charge on any atom is 0.263 e. The van der Waals surface area contributed by atoms with Gasteiger partial charge in [-0.15, -0.1) is 11.3 Å². The van der Waals surface area contributed by atoms with E-state index in [-0.39, 0.29) is 17.4 Å². The van der Waals surface area contributed by atoms with Crippen LogP contribution in [0.25, 0.3) is 10.2 Å². The molecular weight excluding hydrogens is 404 g/mol. The maximum absolute atomic E-state index is 13.2. The molecule has 0 aliphatic rings. The highest BCUT2D eigenvalue weighted by molar-refractivity contribution is 8.00. The molecule has 0 aliphatic carbocycles. The second-order valence-electron chi connectivity index (χ2n) is 7.89. The van der Waals surface area contributed by atoms with E-state index in [1.807, 2.05) is 27.7 Å². The number of aryl methyl sites for hydroxylation is 2. The van der Waals surface area contributed by atoms with Gasteiger partial charge in [-0.05, 0) is 45.6 Å². The second kappa shape index (κ2) is 9.31. The lowest BCUT2D eigenvalue weighted by Crippen LogP contribution is -2.51. The standard InChI is InChI=1S/C21H30N4O2S2/c1-8-9-10-25-19(27)16-13(4)14(5)28-18(16)23-20(25)29-15(6)17(26)24-21(7,11-22)12(2)3/h12,15H,8-10H2,1-7H3,(H,24,26). The van der Waals surface area contributed by atoms with Crippen LogP contribution in [0.5, 0.6) is 0 Å². The van der Waals surface area contributed by atoms with E-state index in [0.29, 0.717) is 17.1 Å². The third-order valence-electron chi connectivity index (χ3n) is 5.41. The minimum absolute atomic E-state index is 0.0251. The topological polar surface area (TPSA) is 87.8 Å². The van der Waals surface area contributed by atoms with E-state index < -0.39 is 10.8 Å². The molecule has 1 amide bonds. The highest BCUT2D eigenvalue weighted by Crippen LogP contribution is 2.30. The van der Waals surface area contributed by atoms with Crippen molar-refractivity contribution in [3.63, 3.8) is 0 Å². The van der Waals surface area contributed by atoms with Crippen LogP contribution in [0.4, 0.5) is 0 Å². The van der Waals surface area contributed by atoms with Gasteiger partial charge in [0.1, 0.15) is 10.4 Å². The molecule has 0 aliphatic heterocycles. The zero-order valence-electron chi connectivity index (χ0n) is 18.3. The summed E-state index contributed by atoms with van der Waals surface area (Å²) in [5, 5.41) is 13.1. The van der Waals surface area contributed by atoms with Crippen molar-refractivity contribution < 1.29 is 4.79 Å². The van der Waals surface area contributed by atoms with Crippen LogP contribution >= 0.6 is 23.1 Å². The van der Waals surface area contributed by atoms with E-state index in [4.69, 9.17) is 4.98 Å². The van der Waals surface area contributed by atoms with Crippen molar-refractivity contribution in [2.75, 3.05) is 0 Å². The zero-order chi connectivity index (χ0) is 21.9. The van der Waals surface area contributed by atoms with Gasteiger partial charge in [0.2, 0.25) is 5.91 Å². The second-order valence-corrected chi connectivity index (χ2v) is 10.4. The summed E-state index contributed by atoms with van der Waals surface area (Å²) < 4.78 is 1.70. The minimum Gasteiger partial charge on any atom is -0.337 e. The van der Waals surface area contributed by atoms with Crippen molar-refractivity contribution in [3.05, 3.63) is 20.8 Å². The quantitative estimate of drug-likeness (QED) is 0.491. The summed E-state index contributed by atoms with van der Waals surface area (Å²) in [6.45, 7) is 13.9. The molecule has 2 heterocycles. The number of carbonyl (C=O) groups excluding carboxylic acids is 1. The number of fused-ring (bicyclic) bond motifs is 1. The summed E-state index contributed by atoms with van der Waals surface area (Å²) in [6, 6.07) is 2.20. The molecule has 0 fully saturated rings. The van der Waals surface area contributed by atoms with Crippen LogP contribution < -0.4 is 10.9 Å². The van der Waals surface area contributed by atoms with Crippen molar-refractivity contribution in [2.45, 2.75) is 83.8 Å². The molecule has 1 N–H and O–H groups in total. The van der Waals surface area contributed by atoms with Gasteiger partial charge in [0.15, 0.2) is 5.16 Å². The van der Waals surface area contributed by atoms with Gasteiger partial charge in [0.25, 0.3) is 5.56 Å².